The first-order chi connectivity index (χ1) is 16.9. The zero-order valence-electron chi connectivity index (χ0n) is 19.9. The predicted molar refractivity (Wildman–Crippen MR) is 134 cm³/mol. The van der Waals surface area contributed by atoms with Gasteiger partial charge in [0.15, 0.2) is 0 Å². The number of piperazine rings is 1. The number of rotatable bonds is 5. The lowest BCUT2D eigenvalue weighted by molar-refractivity contribution is -0.132. The van der Waals surface area contributed by atoms with Crippen molar-refractivity contribution >= 4 is 22.4 Å². The van der Waals surface area contributed by atoms with E-state index in [0.717, 1.165) is 35.6 Å². The van der Waals surface area contributed by atoms with Gasteiger partial charge in [-0.3, -0.25) is 9.59 Å². The molecule has 0 unspecified atom stereocenters. The molecule has 5 rings (SSSR count). The summed E-state index contributed by atoms with van der Waals surface area (Å²) in [5.74, 6) is -0.399. The van der Waals surface area contributed by atoms with Crippen molar-refractivity contribution in [1.29, 1.82) is 0 Å². The zero-order valence-corrected chi connectivity index (χ0v) is 19.9. The van der Waals surface area contributed by atoms with E-state index in [9.17, 15) is 14.0 Å². The second-order valence-corrected chi connectivity index (χ2v) is 8.95. The van der Waals surface area contributed by atoms with Crippen LogP contribution in [-0.4, -0.2) is 51.3 Å². The molecule has 35 heavy (non-hydrogen) atoms. The van der Waals surface area contributed by atoms with Gasteiger partial charge < -0.3 is 14.4 Å². The molecule has 0 aliphatic carbocycles. The van der Waals surface area contributed by atoms with Gasteiger partial charge in [0.2, 0.25) is 5.91 Å². The van der Waals surface area contributed by atoms with Crippen molar-refractivity contribution in [1.82, 2.24) is 19.2 Å². The monoisotopic (exact) mass is 473 g/mol. The summed E-state index contributed by atoms with van der Waals surface area (Å²) in [7, 11) is 0. The molecular weight excluding hydrogens is 445 g/mol. The lowest BCUT2D eigenvalue weighted by Crippen LogP contribution is -2.50. The standard InChI is InChI=1S/C27H28FN5O2/c1-19-23-16-29-33(18-25(34)31-14-12-30(13-15-31)22-9-4-3-5-10-22)27(35)26(23)20(2)32(19)17-21-8-6-7-11-24(21)28/h3-11,16H,12-15,17-18H2,1-2H3. The fourth-order valence-electron chi connectivity index (χ4n) is 4.87. The van der Waals surface area contributed by atoms with Crippen LogP contribution >= 0.6 is 0 Å². The highest BCUT2D eigenvalue weighted by atomic mass is 19.1. The Morgan fingerprint density at radius 1 is 0.943 bits per heavy atom. The zero-order chi connectivity index (χ0) is 24.5. The molecule has 7 nitrogen and oxygen atoms in total. The second kappa shape index (κ2) is 9.37. The van der Waals surface area contributed by atoms with Gasteiger partial charge in [0.1, 0.15) is 12.4 Å². The van der Waals surface area contributed by atoms with Crippen LogP contribution in [0.4, 0.5) is 10.1 Å². The van der Waals surface area contributed by atoms with Crippen molar-refractivity contribution in [2.45, 2.75) is 26.9 Å². The molecule has 3 heterocycles. The van der Waals surface area contributed by atoms with Crippen molar-refractivity contribution in [2.24, 2.45) is 0 Å². The SMILES string of the molecule is Cc1c2cnn(CC(=O)N3CCN(c4ccccc4)CC3)c(=O)c2c(C)n1Cc1ccccc1F. The number of nitrogens with zero attached hydrogens (tertiary/aromatic N) is 5. The molecule has 0 atom stereocenters. The Balaban J connectivity index is 1.34. The van der Waals surface area contributed by atoms with Crippen LogP contribution in [0, 0.1) is 19.7 Å². The van der Waals surface area contributed by atoms with Gasteiger partial charge in [-0.15, -0.1) is 0 Å². The topological polar surface area (TPSA) is 63.4 Å². The van der Waals surface area contributed by atoms with Gasteiger partial charge in [-0.2, -0.15) is 5.10 Å². The van der Waals surface area contributed by atoms with Gasteiger partial charge >= 0.3 is 0 Å². The molecule has 8 heteroatoms. The first kappa shape index (κ1) is 22.8. The Hall–Kier alpha value is -3.94. The molecule has 1 aliphatic rings. The Morgan fingerprint density at radius 3 is 2.34 bits per heavy atom. The van der Waals surface area contributed by atoms with Crippen LogP contribution in [0.3, 0.4) is 0 Å². The number of para-hydroxylation sites is 1. The number of carbonyl (C=O) groups is 1. The summed E-state index contributed by atoms with van der Waals surface area (Å²) in [5, 5.41) is 5.55. The third-order valence-corrected chi connectivity index (χ3v) is 6.93. The average Bonchev–Trinajstić information content (AvgIpc) is 3.12. The largest absolute Gasteiger partial charge is 0.368 e. The number of carbonyl (C=O) groups excluding carboxylic acids is 1. The molecule has 4 aromatic rings. The lowest BCUT2D eigenvalue weighted by Gasteiger charge is -2.36. The quantitative estimate of drug-likeness (QED) is 0.446. The van der Waals surface area contributed by atoms with Gasteiger partial charge in [0, 0.05) is 54.2 Å². The fraction of sp³-hybridized carbons (Fsp3) is 0.296. The van der Waals surface area contributed by atoms with Gasteiger partial charge in [0.25, 0.3) is 5.56 Å². The van der Waals surface area contributed by atoms with E-state index in [0.29, 0.717) is 30.6 Å². The molecule has 1 aliphatic heterocycles. The first-order valence-electron chi connectivity index (χ1n) is 11.8. The molecule has 2 aromatic carbocycles. The van der Waals surface area contributed by atoms with Crippen molar-refractivity contribution in [3.63, 3.8) is 0 Å². The molecule has 0 spiro atoms. The minimum Gasteiger partial charge on any atom is -0.368 e. The molecule has 0 bridgehead atoms. The summed E-state index contributed by atoms with van der Waals surface area (Å²) < 4.78 is 17.4. The second-order valence-electron chi connectivity index (χ2n) is 8.95. The minimum atomic E-state index is -0.299. The molecule has 180 valence electrons. The molecule has 0 radical (unpaired) electrons. The minimum absolute atomic E-state index is 0.100. The van der Waals surface area contributed by atoms with Crippen LogP contribution in [0.1, 0.15) is 17.0 Å². The highest BCUT2D eigenvalue weighted by Gasteiger charge is 2.23. The van der Waals surface area contributed by atoms with E-state index < -0.39 is 0 Å². The highest BCUT2D eigenvalue weighted by Crippen LogP contribution is 2.24. The van der Waals surface area contributed by atoms with E-state index in [1.54, 1.807) is 29.3 Å². The normalized spacial score (nSPS) is 14.0. The number of aromatic nitrogens is 3. The number of anilines is 1. The maximum Gasteiger partial charge on any atom is 0.276 e. The smallest absolute Gasteiger partial charge is 0.276 e. The van der Waals surface area contributed by atoms with Gasteiger partial charge in [0.05, 0.1) is 18.1 Å². The number of aryl methyl sites for hydroxylation is 2. The fourth-order valence-corrected chi connectivity index (χ4v) is 4.87. The Morgan fingerprint density at radius 2 is 1.63 bits per heavy atom. The Labute approximate surface area is 203 Å². The predicted octanol–water partition coefficient (Wildman–Crippen LogP) is 3.35. The van der Waals surface area contributed by atoms with Crippen molar-refractivity contribution < 1.29 is 9.18 Å². The first-order valence-corrected chi connectivity index (χ1v) is 11.8. The number of hydrogen-bond acceptors (Lipinski definition) is 4. The highest BCUT2D eigenvalue weighted by molar-refractivity contribution is 5.87. The molecule has 0 N–H and O–H groups in total. The number of benzene rings is 2. The molecular formula is C27H28FN5O2. The van der Waals surface area contributed by atoms with E-state index in [-0.39, 0.29) is 23.8 Å². The van der Waals surface area contributed by atoms with E-state index >= 15 is 0 Å². The molecule has 1 fully saturated rings. The number of amides is 1. The Kier molecular flexibility index (Phi) is 6.11. The van der Waals surface area contributed by atoms with Crippen LogP contribution in [0.15, 0.2) is 65.6 Å². The van der Waals surface area contributed by atoms with Gasteiger partial charge in [-0.05, 0) is 32.0 Å². The van der Waals surface area contributed by atoms with Gasteiger partial charge in [-0.25, -0.2) is 9.07 Å². The van der Waals surface area contributed by atoms with E-state index in [1.807, 2.05) is 36.6 Å². The molecule has 0 saturated carbocycles. The van der Waals surface area contributed by atoms with Crippen molar-refractivity contribution in [3.8, 4) is 0 Å². The van der Waals surface area contributed by atoms with Crippen LogP contribution in [0.2, 0.25) is 0 Å². The maximum absolute atomic E-state index is 14.2. The molecule has 2 aromatic heterocycles. The summed E-state index contributed by atoms with van der Waals surface area (Å²) in [6, 6.07) is 16.8. The van der Waals surface area contributed by atoms with E-state index in [2.05, 4.69) is 22.1 Å². The van der Waals surface area contributed by atoms with Crippen LogP contribution in [-0.2, 0) is 17.9 Å². The lowest BCUT2D eigenvalue weighted by atomic mass is 10.2. The summed E-state index contributed by atoms with van der Waals surface area (Å²) in [4.78, 5) is 30.4. The number of halogens is 1. The Bertz CT molecular complexity index is 1440. The summed E-state index contributed by atoms with van der Waals surface area (Å²) in [6.07, 6.45) is 1.64. The van der Waals surface area contributed by atoms with E-state index in [1.165, 1.54) is 10.7 Å². The van der Waals surface area contributed by atoms with Crippen molar-refractivity contribution in [2.75, 3.05) is 31.1 Å². The third-order valence-electron chi connectivity index (χ3n) is 6.93. The van der Waals surface area contributed by atoms with Crippen LogP contribution in [0.5, 0.6) is 0 Å². The van der Waals surface area contributed by atoms with Crippen LogP contribution < -0.4 is 10.5 Å². The van der Waals surface area contributed by atoms with E-state index in [4.69, 9.17) is 0 Å². The van der Waals surface area contributed by atoms with Crippen LogP contribution in [0.25, 0.3) is 10.8 Å². The third kappa shape index (κ3) is 4.32. The number of hydrogen-bond donors (Lipinski definition) is 0. The molecule has 1 saturated heterocycles. The molecule has 1 amide bonds. The maximum atomic E-state index is 14.2. The van der Waals surface area contributed by atoms with Crippen molar-refractivity contribution in [3.05, 3.63) is 93.9 Å². The summed E-state index contributed by atoms with van der Waals surface area (Å²) >= 11 is 0. The average molecular weight is 474 g/mol. The summed E-state index contributed by atoms with van der Waals surface area (Å²) in [6.45, 7) is 6.66. The number of fused-ring (bicyclic) bond motifs is 1. The van der Waals surface area contributed by atoms with Gasteiger partial charge in [-0.1, -0.05) is 36.4 Å². The summed E-state index contributed by atoms with van der Waals surface area (Å²) in [5.41, 5.74) is 2.99.